The molecule has 1 amide bonds. The first-order valence-electron chi connectivity index (χ1n) is 7.60. The van der Waals surface area contributed by atoms with Crippen molar-refractivity contribution in [1.82, 2.24) is 14.9 Å². The number of hydrogen-bond donors (Lipinski definition) is 1. The molecule has 1 saturated carbocycles. The van der Waals surface area contributed by atoms with E-state index in [0.717, 1.165) is 60.4 Å². The molecule has 2 aromatic rings. The number of nitrogens with one attached hydrogen (secondary N) is 1. The van der Waals surface area contributed by atoms with Crippen molar-refractivity contribution in [2.24, 2.45) is 5.92 Å². The zero-order valence-electron chi connectivity index (χ0n) is 12.5. The van der Waals surface area contributed by atoms with Crippen molar-refractivity contribution in [1.29, 1.82) is 0 Å². The third-order valence-corrected chi connectivity index (χ3v) is 5.86. The first kappa shape index (κ1) is 14.3. The van der Waals surface area contributed by atoms with Crippen molar-refractivity contribution in [2.45, 2.75) is 39.3 Å². The third-order valence-electron chi connectivity index (χ3n) is 4.04. The summed E-state index contributed by atoms with van der Waals surface area (Å²) >= 11 is 3.33. The van der Waals surface area contributed by atoms with Crippen molar-refractivity contribution < 1.29 is 4.79 Å². The number of aryl methyl sites for hydroxylation is 1. The Morgan fingerprint density at radius 3 is 3.05 bits per heavy atom. The summed E-state index contributed by atoms with van der Waals surface area (Å²) in [5, 5.41) is 7.00. The highest BCUT2D eigenvalue weighted by Crippen LogP contribution is 2.33. The molecule has 0 radical (unpaired) electrons. The summed E-state index contributed by atoms with van der Waals surface area (Å²) in [5.74, 6) is 0.367. The molecular formula is C15H18N4OS2. The summed E-state index contributed by atoms with van der Waals surface area (Å²) in [5.41, 5.74) is 2.31. The fourth-order valence-electron chi connectivity index (χ4n) is 2.70. The fourth-order valence-corrected chi connectivity index (χ4v) is 4.36. The van der Waals surface area contributed by atoms with Gasteiger partial charge in [-0.3, -0.25) is 9.69 Å². The lowest BCUT2D eigenvalue weighted by molar-refractivity contribution is -0.117. The zero-order chi connectivity index (χ0) is 15.1. The van der Waals surface area contributed by atoms with Crippen LogP contribution < -0.4 is 5.32 Å². The minimum atomic E-state index is 0.140. The molecule has 5 nitrogen and oxygen atoms in total. The van der Waals surface area contributed by atoms with Gasteiger partial charge in [0.05, 0.1) is 16.4 Å². The predicted molar refractivity (Wildman–Crippen MR) is 88.1 cm³/mol. The largest absolute Gasteiger partial charge is 0.302 e. The topological polar surface area (TPSA) is 58.1 Å². The van der Waals surface area contributed by atoms with Gasteiger partial charge in [-0.05, 0) is 19.8 Å². The summed E-state index contributed by atoms with van der Waals surface area (Å²) in [6.45, 7) is 4.85. The van der Waals surface area contributed by atoms with Crippen LogP contribution >= 0.6 is 22.7 Å². The molecule has 4 rings (SSSR count). The van der Waals surface area contributed by atoms with E-state index in [4.69, 9.17) is 0 Å². The summed E-state index contributed by atoms with van der Waals surface area (Å²) in [6, 6.07) is 0. The molecule has 0 atom stereocenters. The van der Waals surface area contributed by atoms with E-state index in [1.54, 1.807) is 22.7 Å². The van der Waals surface area contributed by atoms with Gasteiger partial charge < -0.3 is 5.32 Å². The molecule has 22 heavy (non-hydrogen) atoms. The Bertz CT molecular complexity index is 704. The van der Waals surface area contributed by atoms with E-state index in [-0.39, 0.29) is 11.8 Å². The third kappa shape index (κ3) is 3.06. The quantitative estimate of drug-likeness (QED) is 0.934. The van der Waals surface area contributed by atoms with E-state index >= 15 is 0 Å². The fraction of sp³-hybridized carbons (Fsp3) is 0.533. The van der Waals surface area contributed by atoms with Crippen LogP contribution in [-0.2, 0) is 24.3 Å². The van der Waals surface area contributed by atoms with Gasteiger partial charge in [-0.1, -0.05) is 0 Å². The number of nitrogens with zero attached hydrogens (tertiary/aromatic N) is 3. The van der Waals surface area contributed by atoms with E-state index < -0.39 is 0 Å². The number of anilines is 1. The Balaban J connectivity index is 1.41. The van der Waals surface area contributed by atoms with E-state index in [0.29, 0.717) is 0 Å². The van der Waals surface area contributed by atoms with Gasteiger partial charge in [0.2, 0.25) is 5.91 Å². The van der Waals surface area contributed by atoms with Crippen molar-refractivity contribution in [3.63, 3.8) is 0 Å². The highest BCUT2D eigenvalue weighted by molar-refractivity contribution is 7.15. The normalized spacial score (nSPS) is 18.2. The van der Waals surface area contributed by atoms with Gasteiger partial charge >= 0.3 is 0 Å². The molecule has 3 heterocycles. The summed E-state index contributed by atoms with van der Waals surface area (Å²) in [6.07, 6.45) is 3.00. The molecule has 116 valence electrons. The van der Waals surface area contributed by atoms with Gasteiger partial charge in [0, 0.05) is 42.2 Å². The van der Waals surface area contributed by atoms with Gasteiger partial charge in [0.1, 0.15) is 0 Å². The molecular weight excluding hydrogens is 316 g/mol. The molecule has 1 aliphatic heterocycles. The molecule has 1 N–H and O–H groups in total. The van der Waals surface area contributed by atoms with Crippen LogP contribution in [0.4, 0.5) is 5.13 Å². The number of carbonyl (C=O) groups excluding carboxylic acids is 1. The molecule has 2 aromatic heterocycles. The van der Waals surface area contributed by atoms with Gasteiger partial charge in [0.25, 0.3) is 0 Å². The number of carbonyl (C=O) groups is 1. The Morgan fingerprint density at radius 1 is 1.45 bits per heavy atom. The first-order valence-corrected chi connectivity index (χ1v) is 9.30. The van der Waals surface area contributed by atoms with Crippen LogP contribution in [0.1, 0.15) is 34.1 Å². The lowest BCUT2D eigenvalue weighted by Gasteiger charge is -2.24. The van der Waals surface area contributed by atoms with E-state index in [2.05, 4.69) is 25.6 Å². The molecule has 0 saturated heterocycles. The maximum absolute atomic E-state index is 11.8. The lowest BCUT2D eigenvalue weighted by atomic mass is 10.2. The minimum Gasteiger partial charge on any atom is -0.302 e. The standard InChI is InChI=1S/C15H18N4OS2/c1-9-16-11(8-21-9)6-19-5-4-12-13(7-19)22-15(17-12)18-14(20)10-2-3-10/h8,10H,2-7H2,1H3,(H,17,18,20). The second-order valence-corrected chi connectivity index (χ2v) is 8.12. The molecule has 0 spiro atoms. The molecule has 2 aliphatic rings. The Hall–Kier alpha value is -1.31. The lowest BCUT2D eigenvalue weighted by Crippen LogP contribution is -2.29. The highest BCUT2D eigenvalue weighted by atomic mass is 32.1. The van der Waals surface area contributed by atoms with Crippen LogP contribution in [0.2, 0.25) is 0 Å². The smallest absolute Gasteiger partial charge is 0.229 e. The van der Waals surface area contributed by atoms with Gasteiger partial charge in [-0.2, -0.15) is 0 Å². The van der Waals surface area contributed by atoms with Gasteiger partial charge in [-0.25, -0.2) is 9.97 Å². The molecule has 0 aromatic carbocycles. The monoisotopic (exact) mass is 334 g/mol. The highest BCUT2D eigenvalue weighted by Gasteiger charge is 2.30. The summed E-state index contributed by atoms with van der Waals surface area (Å²) in [7, 11) is 0. The van der Waals surface area contributed by atoms with Crippen molar-refractivity contribution in [3.05, 3.63) is 26.7 Å². The average molecular weight is 334 g/mol. The average Bonchev–Trinajstić information content (AvgIpc) is 3.15. The van der Waals surface area contributed by atoms with Crippen molar-refractivity contribution in [2.75, 3.05) is 11.9 Å². The zero-order valence-corrected chi connectivity index (χ0v) is 14.1. The molecule has 0 bridgehead atoms. The number of rotatable bonds is 4. The second-order valence-electron chi connectivity index (χ2n) is 5.97. The number of thiazole rings is 2. The Labute approximate surface area is 137 Å². The Morgan fingerprint density at radius 2 is 2.32 bits per heavy atom. The van der Waals surface area contributed by atoms with Crippen LogP contribution in [0.15, 0.2) is 5.38 Å². The maximum atomic E-state index is 11.8. The van der Waals surface area contributed by atoms with Crippen molar-refractivity contribution >= 4 is 33.7 Å². The number of hydrogen-bond acceptors (Lipinski definition) is 6. The van der Waals surface area contributed by atoms with Crippen LogP contribution in [-0.4, -0.2) is 27.3 Å². The minimum absolute atomic E-state index is 0.140. The van der Waals surface area contributed by atoms with Gasteiger partial charge in [0.15, 0.2) is 5.13 Å². The maximum Gasteiger partial charge on any atom is 0.229 e. The van der Waals surface area contributed by atoms with E-state index in [9.17, 15) is 4.79 Å². The van der Waals surface area contributed by atoms with E-state index in [1.165, 1.54) is 4.88 Å². The molecule has 7 heteroatoms. The second kappa shape index (κ2) is 5.72. The molecule has 0 unspecified atom stereocenters. The predicted octanol–water partition coefficient (Wildman–Crippen LogP) is 2.81. The number of aromatic nitrogens is 2. The van der Waals surface area contributed by atoms with Crippen LogP contribution in [0, 0.1) is 12.8 Å². The van der Waals surface area contributed by atoms with Gasteiger partial charge in [-0.15, -0.1) is 22.7 Å². The Kier molecular flexibility index (Phi) is 3.71. The van der Waals surface area contributed by atoms with Crippen LogP contribution in [0.5, 0.6) is 0 Å². The summed E-state index contributed by atoms with van der Waals surface area (Å²) in [4.78, 5) is 24.7. The van der Waals surface area contributed by atoms with Crippen molar-refractivity contribution in [3.8, 4) is 0 Å². The molecule has 1 aliphatic carbocycles. The van der Waals surface area contributed by atoms with Crippen LogP contribution in [0.3, 0.4) is 0 Å². The molecule has 1 fully saturated rings. The van der Waals surface area contributed by atoms with E-state index in [1.807, 2.05) is 6.92 Å². The number of amides is 1. The number of fused-ring (bicyclic) bond motifs is 1. The SMILES string of the molecule is Cc1nc(CN2CCc3nc(NC(=O)C4CC4)sc3C2)cs1. The van der Waals surface area contributed by atoms with Crippen LogP contribution in [0.25, 0.3) is 0 Å². The summed E-state index contributed by atoms with van der Waals surface area (Å²) < 4.78 is 0. The first-order chi connectivity index (χ1) is 10.7.